The van der Waals surface area contributed by atoms with Crippen LogP contribution >= 0.6 is 0 Å². The third-order valence-corrected chi connectivity index (χ3v) is 2.86. The highest BCUT2D eigenvalue weighted by atomic mass is 16.4. The van der Waals surface area contributed by atoms with Crippen LogP contribution < -0.4 is 5.63 Å². The van der Waals surface area contributed by atoms with E-state index in [1.54, 1.807) is 32.0 Å². The first-order chi connectivity index (χ1) is 8.43. The molecule has 0 aliphatic rings. The van der Waals surface area contributed by atoms with Crippen LogP contribution in [-0.2, 0) is 5.60 Å². The minimum absolute atomic E-state index is 0.392. The van der Waals surface area contributed by atoms with Crippen molar-refractivity contribution < 1.29 is 13.9 Å². The normalized spacial score (nSPS) is 12.4. The Kier molecular flexibility index (Phi) is 2.12. The first kappa shape index (κ1) is 11.0. The van der Waals surface area contributed by atoms with Crippen molar-refractivity contribution in [2.45, 2.75) is 19.4 Å². The van der Waals surface area contributed by atoms with Gasteiger partial charge in [-0.25, -0.2) is 4.79 Å². The van der Waals surface area contributed by atoms with E-state index in [4.69, 9.17) is 8.83 Å². The summed E-state index contributed by atoms with van der Waals surface area (Å²) >= 11 is 0. The van der Waals surface area contributed by atoms with Gasteiger partial charge < -0.3 is 13.9 Å². The maximum atomic E-state index is 11.1. The van der Waals surface area contributed by atoms with Crippen molar-refractivity contribution >= 4 is 21.9 Å². The van der Waals surface area contributed by atoms with E-state index in [-0.39, 0.29) is 0 Å². The van der Waals surface area contributed by atoms with Gasteiger partial charge in [0.2, 0.25) is 0 Å². The van der Waals surface area contributed by atoms with Gasteiger partial charge in [0.15, 0.2) is 0 Å². The first-order valence-corrected chi connectivity index (χ1v) is 5.64. The van der Waals surface area contributed by atoms with Crippen molar-refractivity contribution in [3.8, 4) is 0 Å². The smallest absolute Gasteiger partial charge is 0.336 e. The van der Waals surface area contributed by atoms with Gasteiger partial charge >= 0.3 is 5.63 Å². The molecule has 3 rings (SSSR count). The number of hydrogen-bond acceptors (Lipinski definition) is 4. The molecule has 3 aromatic rings. The summed E-state index contributed by atoms with van der Waals surface area (Å²) in [7, 11) is 0. The fourth-order valence-corrected chi connectivity index (χ4v) is 1.91. The van der Waals surface area contributed by atoms with Crippen molar-refractivity contribution in [3.63, 3.8) is 0 Å². The number of rotatable bonds is 1. The average molecular weight is 244 g/mol. The lowest BCUT2D eigenvalue weighted by Crippen LogP contribution is -2.13. The second kappa shape index (κ2) is 3.46. The van der Waals surface area contributed by atoms with E-state index in [1.165, 1.54) is 6.07 Å². The quantitative estimate of drug-likeness (QED) is 0.668. The van der Waals surface area contributed by atoms with E-state index in [0.717, 1.165) is 10.8 Å². The summed E-state index contributed by atoms with van der Waals surface area (Å²) in [5, 5.41) is 11.6. The van der Waals surface area contributed by atoms with E-state index >= 15 is 0 Å². The summed E-state index contributed by atoms with van der Waals surface area (Å²) in [6.07, 6.45) is 0. The monoisotopic (exact) mass is 244 g/mol. The molecule has 0 saturated heterocycles. The number of aliphatic hydroxyl groups is 1. The van der Waals surface area contributed by atoms with Crippen molar-refractivity contribution in [1.29, 1.82) is 0 Å². The van der Waals surface area contributed by atoms with Gasteiger partial charge in [-0.15, -0.1) is 0 Å². The second-order valence-electron chi connectivity index (χ2n) is 4.85. The van der Waals surface area contributed by atoms with Crippen LogP contribution in [0.15, 0.2) is 44.0 Å². The molecule has 0 bridgehead atoms. The van der Waals surface area contributed by atoms with Crippen LogP contribution in [0.3, 0.4) is 0 Å². The Morgan fingerprint density at radius 1 is 1.00 bits per heavy atom. The van der Waals surface area contributed by atoms with E-state index in [0.29, 0.717) is 16.9 Å². The topological polar surface area (TPSA) is 63.6 Å². The fourth-order valence-electron chi connectivity index (χ4n) is 1.91. The number of benzene rings is 1. The summed E-state index contributed by atoms with van der Waals surface area (Å²) in [6, 6.07) is 8.41. The van der Waals surface area contributed by atoms with Crippen LogP contribution in [0.4, 0.5) is 0 Å². The van der Waals surface area contributed by atoms with Gasteiger partial charge in [-0.3, -0.25) is 0 Å². The molecule has 2 heterocycles. The zero-order valence-corrected chi connectivity index (χ0v) is 10.1. The molecule has 0 amide bonds. The second-order valence-corrected chi connectivity index (χ2v) is 4.85. The molecule has 0 atom stereocenters. The maximum Gasteiger partial charge on any atom is 0.336 e. The number of fused-ring (bicyclic) bond motifs is 2. The summed E-state index contributed by atoms with van der Waals surface area (Å²) in [4.78, 5) is 11.1. The van der Waals surface area contributed by atoms with Crippen LogP contribution in [0.25, 0.3) is 21.9 Å². The lowest BCUT2D eigenvalue weighted by atomic mass is 10.1. The van der Waals surface area contributed by atoms with Gasteiger partial charge in [0.25, 0.3) is 0 Å². The predicted octanol–water partition coefficient (Wildman–Crippen LogP) is 2.77. The van der Waals surface area contributed by atoms with Crippen LogP contribution in [0, 0.1) is 0 Å². The van der Waals surface area contributed by atoms with Gasteiger partial charge in [-0.05, 0) is 32.0 Å². The first-order valence-electron chi connectivity index (χ1n) is 5.64. The summed E-state index contributed by atoms with van der Waals surface area (Å²) in [6.45, 7) is 3.31. The molecular weight excluding hydrogens is 232 g/mol. The van der Waals surface area contributed by atoms with Crippen molar-refractivity contribution in [2.75, 3.05) is 0 Å². The molecule has 0 aliphatic carbocycles. The zero-order valence-electron chi connectivity index (χ0n) is 10.1. The van der Waals surface area contributed by atoms with E-state index in [2.05, 4.69) is 0 Å². The Morgan fingerprint density at radius 3 is 2.44 bits per heavy atom. The van der Waals surface area contributed by atoms with Crippen molar-refractivity contribution in [3.05, 3.63) is 46.5 Å². The highest BCUT2D eigenvalue weighted by Crippen LogP contribution is 2.30. The van der Waals surface area contributed by atoms with Gasteiger partial charge in [0.05, 0.1) is 0 Å². The molecule has 0 fully saturated rings. The Morgan fingerprint density at radius 2 is 1.72 bits per heavy atom. The van der Waals surface area contributed by atoms with Gasteiger partial charge in [-0.2, -0.15) is 0 Å². The van der Waals surface area contributed by atoms with Gasteiger partial charge in [0, 0.05) is 22.9 Å². The van der Waals surface area contributed by atoms with E-state index in [1.807, 2.05) is 6.07 Å². The molecule has 4 nitrogen and oxygen atoms in total. The Balaban J connectivity index is 2.34. The van der Waals surface area contributed by atoms with E-state index < -0.39 is 11.2 Å². The van der Waals surface area contributed by atoms with Crippen molar-refractivity contribution in [2.24, 2.45) is 0 Å². The van der Waals surface area contributed by atoms with Crippen LogP contribution in [0.5, 0.6) is 0 Å². The third kappa shape index (κ3) is 1.71. The zero-order chi connectivity index (χ0) is 12.9. The maximum absolute atomic E-state index is 11.1. The third-order valence-electron chi connectivity index (χ3n) is 2.86. The van der Waals surface area contributed by atoms with Crippen LogP contribution in [0.2, 0.25) is 0 Å². The van der Waals surface area contributed by atoms with Gasteiger partial charge in [0.1, 0.15) is 22.5 Å². The van der Waals surface area contributed by atoms with E-state index in [9.17, 15) is 9.90 Å². The predicted molar refractivity (Wildman–Crippen MR) is 67.5 cm³/mol. The lowest BCUT2D eigenvalue weighted by molar-refractivity contribution is 0.0559. The standard InChI is InChI=1S/C14H12O4/c1-14(2,16)12-6-9-5-8-3-4-13(15)18-10(8)7-11(9)17-12/h3-7,16H,1-2H3. The lowest BCUT2D eigenvalue weighted by Gasteiger charge is -2.12. The Bertz CT molecular complexity index is 787. The van der Waals surface area contributed by atoms with Crippen LogP contribution in [0.1, 0.15) is 19.6 Å². The SMILES string of the molecule is CC(C)(O)c1cc2cc3ccc(=O)oc3cc2o1. The molecule has 2 aromatic heterocycles. The Hall–Kier alpha value is -2.07. The molecule has 0 saturated carbocycles. The highest BCUT2D eigenvalue weighted by Gasteiger charge is 2.21. The summed E-state index contributed by atoms with van der Waals surface area (Å²) < 4.78 is 10.7. The minimum Gasteiger partial charge on any atom is -0.458 e. The molecule has 0 spiro atoms. The Labute approximate surface area is 102 Å². The molecular formula is C14H12O4. The molecule has 1 N–H and O–H groups in total. The van der Waals surface area contributed by atoms with Crippen molar-refractivity contribution in [1.82, 2.24) is 0 Å². The molecule has 4 heteroatoms. The fraction of sp³-hybridized carbons (Fsp3) is 0.214. The number of hydrogen-bond donors (Lipinski definition) is 1. The largest absolute Gasteiger partial charge is 0.458 e. The number of furan rings is 1. The minimum atomic E-state index is -1.04. The summed E-state index contributed by atoms with van der Waals surface area (Å²) in [5.74, 6) is 0.482. The molecule has 92 valence electrons. The molecule has 0 radical (unpaired) electrons. The van der Waals surface area contributed by atoms with Gasteiger partial charge in [-0.1, -0.05) is 0 Å². The average Bonchev–Trinajstić information content (AvgIpc) is 2.68. The molecule has 0 unspecified atom stereocenters. The van der Waals surface area contributed by atoms with Crippen LogP contribution in [-0.4, -0.2) is 5.11 Å². The molecule has 18 heavy (non-hydrogen) atoms. The summed E-state index contributed by atoms with van der Waals surface area (Å²) in [5.41, 5.74) is -0.358. The molecule has 1 aromatic carbocycles. The highest BCUT2D eigenvalue weighted by molar-refractivity contribution is 5.93. The molecule has 0 aliphatic heterocycles.